The number of carbonyl (C=O) groups excluding carboxylic acids is 4. The zero-order valence-corrected chi connectivity index (χ0v) is 24.2. The highest BCUT2D eigenvalue weighted by molar-refractivity contribution is 5.84. The smallest absolute Gasteiger partial charge is 0.321 e. The van der Waals surface area contributed by atoms with Crippen molar-refractivity contribution in [2.75, 3.05) is 33.3 Å². The Balaban J connectivity index is 1.43. The second-order valence-corrected chi connectivity index (χ2v) is 10.4. The third-order valence-corrected chi connectivity index (χ3v) is 8.07. The molecule has 228 valence electrons. The molecule has 0 aromatic heterocycles. The summed E-state index contributed by atoms with van der Waals surface area (Å²) in [7, 11) is 1.41. The summed E-state index contributed by atoms with van der Waals surface area (Å²) in [4.78, 5) is 64.5. The lowest BCUT2D eigenvalue weighted by Gasteiger charge is -2.40. The highest BCUT2D eigenvalue weighted by Gasteiger charge is 2.43. The minimum atomic E-state index is -0.843. The summed E-state index contributed by atoms with van der Waals surface area (Å²) in [5.74, 6) is -0.330. The Bertz CT molecular complexity index is 1370. The predicted octanol–water partition coefficient (Wildman–Crippen LogP) is 2.70. The molecule has 2 aliphatic heterocycles. The lowest BCUT2D eigenvalue weighted by molar-refractivity contribution is -0.384. The van der Waals surface area contributed by atoms with E-state index in [-0.39, 0.29) is 42.0 Å². The van der Waals surface area contributed by atoms with E-state index in [0.29, 0.717) is 50.9 Å². The van der Waals surface area contributed by atoms with Crippen molar-refractivity contribution >= 4 is 30.0 Å². The molecule has 2 aliphatic rings. The summed E-state index contributed by atoms with van der Waals surface area (Å²) < 4.78 is 5.18. The quantitative estimate of drug-likeness (QED) is 0.147. The second kappa shape index (κ2) is 13.9. The van der Waals surface area contributed by atoms with Crippen molar-refractivity contribution in [2.45, 2.75) is 44.1 Å². The Labute approximate surface area is 249 Å². The van der Waals surface area contributed by atoms with E-state index in [1.54, 1.807) is 6.92 Å². The normalized spacial score (nSPS) is 18.2. The minimum absolute atomic E-state index is 0.117. The number of likely N-dealkylation sites (tertiary alicyclic amines) is 1. The molecule has 0 saturated carbocycles. The number of nitro benzene ring substituents is 1. The number of rotatable bonds is 12. The number of nitrogens with one attached hydrogen (secondary N) is 3. The Morgan fingerprint density at radius 2 is 1.84 bits per heavy atom. The van der Waals surface area contributed by atoms with Crippen LogP contribution < -0.4 is 16.0 Å². The van der Waals surface area contributed by atoms with Crippen LogP contribution in [-0.4, -0.2) is 72.3 Å². The van der Waals surface area contributed by atoms with Gasteiger partial charge in [0, 0.05) is 25.1 Å². The van der Waals surface area contributed by atoms with Gasteiger partial charge in [0.25, 0.3) is 5.69 Å². The van der Waals surface area contributed by atoms with E-state index in [2.05, 4.69) is 20.9 Å². The number of nitro groups is 1. The van der Waals surface area contributed by atoms with E-state index in [1.807, 2.05) is 30.3 Å². The fourth-order valence-electron chi connectivity index (χ4n) is 5.79. The van der Waals surface area contributed by atoms with Gasteiger partial charge in [0.2, 0.25) is 12.3 Å². The number of methoxy groups -OCH3 is 1. The first-order valence-corrected chi connectivity index (χ1v) is 14.2. The van der Waals surface area contributed by atoms with Gasteiger partial charge in [-0.25, -0.2) is 4.79 Å². The molecule has 3 N–H and O–H groups in total. The topological polar surface area (TPSA) is 163 Å². The number of ether oxygens (including phenoxy) is 1. The van der Waals surface area contributed by atoms with Gasteiger partial charge in [0.05, 0.1) is 29.2 Å². The molecule has 13 nitrogen and oxygen atoms in total. The van der Waals surface area contributed by atoms with E-state index >= 15 is 0 Å². The highest BCUT2D eigenvalue weighted by atomic mass is 16.6. The summed E-state index contributed by atoms with van der Waals surface area (Å²) in [6.07, 6.45) is 2.40. The Kier molecular flexibility index (Phi) is 10.1. The lowest BCUT2D eigenvalue weighted by Crippen LogP contribution is -2.52. The first-order chi connectivity index (χ1) is 20.7. The molecule has 0 aliphatic carbocycles. The lowest BCUT2D eigenvalue weighted by atomic mass is 9.72. The zero-order valence-electron chi connectivity index (χ0n) is 24.2. The van der Waals surface area contributed by atoms with Crippen LogP contribution >= 0.6 is 0 Å². The molecule has 2 aromatic carbocycles. The van der Waals surface area contributed by atoms with Crippen LogP contribution in [0.5, 0.6) is 0 Å². The first kappa shape index (κ1) is 31.2. The number of non-ortho nitro benzene ring substituents is 1. The summed E-state index contributed by atoms with van der Waals surface area (Å²) >= 11 is 0. The van der Waals surface area contributed by atoms with Gasteiger partial charge in [-0.2, -0.15) is 0 Å². The molecule has 1 fully saturated rings. The molecular formula is C30H36N6O7. The van der Waals surface area contributed by atoms with Gasteiger partial charge < -0.3 is 20.3 Å². The van der Waals surface area contributed by atoms with Gasteiger partial charge in [0.15, 0.2) is 0 Å². The van der Waals surface area contributed by atoms with Crippen molar-refractivity contribution < 1.29 is 28.8 Å². The number of amides is 4. The fourth-order valence-corrected chi connectivity index (χ4v) is 5.79. The monoisotopic (exact) mass is 592 g/mol. The van der Waals surface area contributed by atoms with Gasteiger partial charge >= 0.3 is 12.0 Å². The third-order valence-electron chi connectivity index (χ3n) is 8.07. The number of esters is 1. The van der Waals surface area contributed by atoms with Crippen molar-refractivity contribution in [1.29, 1.82) is 0 Å². The molecule has 1 unspecified atom stereocenters. The van der Waals surface area contributed by atoms with E-state index in [1.165, 1.54) is 36.3 Å². The van der Waals surface area contributed by atoms with Crippen molar-refractivity contribution in [3.05, 3.63) is 87.4 Å². The van der Waals surface area contributed by atoms with Crippen molar-refractivity contribution in [2.24, 2.45) is 0 Å². The number of urea groups is 1. The molecule has 2 aromatic rings. The molecule has 0 bridgehead atoms. The van der Waals surface area contributed by atoms with Gasteiger partial charge in [-0.3, -0.25) is 34.7 Å². The van der Waals surface area contributed by atoms with Gasteiger partial charge in [-0.1, -0.05) is 30.3 Å². The van der Waals surface area contributed by atoms with E-state index in [0.717, 1.165) is 5.56 Å². The molecule has 4 rings (SSSR count). The SMILES string of the molecule is CCN(C(=O)CCCN1CCC(C(=O)OC)(c2ccccc2)CC1)C1=C(NC=O)C(c2ccc([N+](=O)[O-])cc2)NC(=O)N1. The molecule has 0 spiro atoms. The molecule has 13 heteroatoms. The molecule has 1 saturated heterocycles. The van der Waals surface area contributed by atoms with Crippen LogP contribution in [0, 0.1) is 10.1 Å². The molecule has 1 atom stereocenters. The first-order valence-electron chi connectivity index (χ1n) is 14.2. The van der Waals surface area contributed by atoms with E-state index in [9.17, 15) is 29.3 Å². The molecule has 4 amide bonds. The van der Waals surface area contributed by atoms with Crippen molar-refractivity contribution in [3.63, 3.8) is 0 Å². The van der Waals surface area contributed by atoms with E-state index < -0.39 is 22.4 Å². The number of piperidine rings is 1. The van der Waals surface area contributed by atoms with Gasteiger partial charge in [0.1, 0.15) is 5.82 Å². The average molecular weight is 593 g/mol. The fraction of sp³-hybridized carbons (Fsp3) is 0.400. The number of carbonyl (C=O) groups is 4. The van der Waals surface area contributed by atoms with Crippen molar-refractivity contribution in [1.82, 2.24) is 25.8 Å². The summed E-state index contributed by atoms with van der Waals surface area (Å²) in [6.45, 7) is 3.99. The summed E-state index contributed by atoms with van der Waals surface area (Å²) in [5, 5.41) is 19.0. The van der Waals surface area contributed by atoms with Crippen LogP contribution in [0.25, 0.3) is 0 Å². The third kappa shape index (κ3) is 6.83. The minimum Gasteiger partial charge on any atom is -0.468 e. The van der Waals surface area contributed by atoms with Crippen LogP contribution in [0.4, 0.5) is 10.5 Å². The predicted molar refractivity (Wildman–Crippen MR) is 156 cm³/mol. The van der Waals surface area contributed by atoms with E-state index in [4.69, 9.17) is 4.74 Å². The molecule has 2 heterocycles. The Morgan fingerprint density at radius 1 is 1.16 bits per heavy atom. The van der Waals surface area contributed by atoms with Gasteiger partial charge in [-0.05, 0) is 69.1 Å². The van der Waals surface area contributed by atoms with Crippen LogP contribution in [0.3, 0.4) is 0 Å². The summed E-state index contributed by atoms with van der Waals surface area (Å²) in [6, 6.07) is 13.8. The number of hydrogen-bond acceptors (Lipinski definition) is 8. The molecule has 0 radical (unpaired) electrons. The molecular weight excluding hydrogens is 556 g/mol. The zero-order chi connectivity index (χ0) is 31.0. The van der Waals surface area contributed by atoms with Crippen molar-refractivity contribution in [3.8, 4) is 0 Å². The second-order valence-electron chi connectivity index (χ2n) is 10.4. The van der Waals surface area contributed by atoms with Crippen LogP contribution in [0.1, 0.15) is 49.8 Å². The number of nitrogens with zero attached hydrogens (tertiary/aromatic N) is 3. The number of hydrogen-bond donors (Lipinski definition) is 3. The van der Waals surface area contributed by atoms with Crippen LogP contribution in [0.15, 0.2) is 66.1 Å². The summed E-state index contributed by atoms with van der Waals surface area (Å²) in [5.41, 5.74) is 0.875. The Hall–Kier alpha value is -4.78. The standard InChI is InChI=1S/C30H36N6O7/c1-3-35(27-26(31-20-37)25(32-29(40)33-27)21-11-13-23(14-12-21)36(41)42)24(38)10-7-17-34-18-15-30(16-19-34,28(39)43-2)22-8-5-4-6-9-22/h4-6,8-9,11-14,20,25H,3,7,10,15-19H2,1-2H3,(H,31,37)(H2,32,33,40). The largest absolute Gasteiger partial charge is 0.468 e. The molecule has 43 heavy (non-hydrogen) atoms. The van der Waals surface area contributed by atoms with Crippen LogP contribution in [-0.2, 0) is 24.5 Å². The highest BCUT2D eigenvalue weighted by Crippen LogP contribution is 2.37. The van der Waals surface area contributed by atoms with Crippen LogP contribution in [0.2, 0.25) is 0 Å². The van der Waals surface area contributed by atoms with Gasteiger partial charge in [-0.15, -0.1) is 0 Å². The maximum atomic E-state index is 13.4. The number of benzene rings is 2. The Morgan fingerprint density at radius 3 is 2.42 bits per heavy atom. The average Bonchev–Trinajstić information content (AvgIpc) is 3.03. The maximum absolute atomic E-state index is 13.4. The maximum Gasteiger partial charge on any atom is 0.321 e.